The lowest BCUT2D eigenvalue weighted by Crippen LogP contribution is -2.40. The first-order valence-electron chi connectivity index (χ1n) is 12.4. The van der Waals surface area contributed by atoms with Crippen LogP contribution in [0.25, 0.3) is 10.9 Å². The summed E-state index contributed by atoms with van der Waals surface area (Å²) in [5, 5.41) is 4.30. The molecule has 4 nitrogen and oxygen atoms in total. The average molecular weight is 470 g/mol. The van der Waals surface area contributed by atoms with Crippen LogP contribution in [0.4, 0.5) is 4.39 Å². The van der Waals surface area contributed by atoms with E-state index in [1.165, 1.54) is 39.9 Å². The van der Waals surface area contributed by atoms with Gasteiger partial charge in [-0.3, -0.25) is 9.69 Å². The Bertz CT molecular complexity index is 1300. The minimum atomic E-state index is -0.259. The molecule has 1 fully saturated rings. The maximum Gasteiger partial charge on any atom is 0.223 e. The van der Waals surface area contributed by atoms with E-state index in [4.69, 9.17) is 0 Å². The minimum Gasteiger partial charge on any atom is -0.352 e. The largest absolute Gasteiger partial charge is 0.352 e. The first-order valence-corrected chi connectivity index (χ1v) is 12.4. The van der Waals surface area contributed by atoms with E-state index in [2.05, 4.69) is 76.3 Å². The third-order valence-corrected chi connectivity index (χ3v) is 7.04. The van der Waals surface area contributed by atoms with Gasteiger partial charge >= 0.3 is 0 Å². The lowest BCUT2D eigenvalue weighted by Gasteiger charge is -2.31. The van der Waals surface area contributed by atoms with Crippen molar-refractivity contribution in [2.24, 2.45) is 5.92 Å². The number of carbonyl (C=O) groups is 1. The van der Waals surface area contributed by atoms with Crippen molar-refractivity contribution in [1.29, 1.82) is 0 Å². The molecule has 1 N–H and O–H groups in total. The van der Waals surface area contributed by atoms with Crippen molar-refractivity contribution >= 4 is 16.8 Å². The van der Waals surface area contributed by atoms with Gasteiger partial charge in [0, 0.05) is 36.8 Å². The lowest BCUT2D eigenvalue weighted by atomic mass is 9.95. The van der Waals surface area contributed by atoms with Crippen LogP contribution in [0.5, 0.6) is 0 Å². The summed E-state index contributed by atoms with van der Waals surface area (Å²) < 4.78 is 15.5. The normalized spacial score (nSPS) is 14.9. The van der Waals surface area contributed by atoms with E-state index in [1.807, 2.05) is 0 Å². The van der Waals surface area contributed by atoms with Crippen LogP contribution < -0.4 is 5.32 Å². The predicted molar refractivity (Wildman–Crippen MR) is 138 cm³/mol. The number of piperidine rings is 1. The zero-order chi connectivity index (χ0) is 24.2. The highest BCUT2D eigenvalue weighted by Gasteiger charge is 2.25. The molecule has 0 aliphatic carbocycles. The Morgan fingerprint density at radius 1 is 0.914 bits per heavy atom. The summed E-state index contributed by atoms with van der Waals surface area (Å²) >= 11 is 0. The third kappa shape index (κ3) is 5.63. The average Bonchev–Trinajstić information content (AvgIpc) is 3.20. The maximum atomic E-state index is 13.1. The fourth-order valence-electron chi connectivity index (χ4n) is 5.10. The highest BCUT2D eigenvalue weighted by Crippen LogP contribution is 2.25. The number of likely N-dealkylation sites (tertiary alicyclic amines) is 1. The second-order valence-corrected chi connectivity index (χ2v) is 9.66. The van der Waals surface area contributed by atoms with E-state index in [-0.39, 0.29) is 17.6 Å². The van der Waals surface area contributed by atoms with Gasteiger partial charge in [-0.05, 0) is 73.6 Å². The number of benzene rings is 3. The molecule has 5 heteroatoms. The maximum absolute atomic E-state index is 13.1. The lowest BCUT2D eigenvalue weighted by molar-refractivity contribution is -0.126. The molecule has 1 aromatic heterocycles. The Labute approximate surface area is 206 Å². The molecule has 5 rings (SSSR count). The third-order valence-electron chi connectivity index (χ3n) is 7.04. The molecule has 4 aromatic rings. The van der Waals surface area contributed by atoms with E-state index < -0.39 is 0 Å². The van der Waals surface area contributed by atoms with Crippen molar-refractivity contribution in [3.05, 3.63) is 107 Å². The number of nitrogens with zero attached hydrogens (tertiary/aromatic N) is 2. The van der Waals surface area contributed by atoms with Crippen LogP contribution in [-0.4, -0.2) is 28.5 Å². The molecule has 3 aromatic carbocycles. The number of aromatic nitrogens is 1. The predicted octanol–water partition coefficient (Wildman–Crippen LogP) is 5.67. The van der Waals surface area contributed by atoms with Gasteiger partial charge in [0.25, 0.3) is 0 Å². The van der Waals surface area contributed by atoms with Gasteiger partial charge in [-0.1, -0.05) is 60.2 Å². The molecule has 0 spiro atoms. The van der Waals surface area contributed by atoms with Crippen molar-refractivity contribution in [3.63, 3.8) is 0 Å². The van der Waals surface area contributed by atoms with Crippen LogP contribution in [0.2, 0.25) is 0 Å². The SMILES string of the molecule is Cc1cccc(Cn2c(CN3CCC(C(=O)NCc4ccc(F)cc4)CC3)cc3ccccc32)c1. The molecular formula is C30H32FN3O. The summed E-state index contributed by atoms with van der Waals surface area (Å²) in [4.78, 5) is 15.2. The quantitative estimate of drug-likeness (QED) is 0.379. The summed E-state index contributed by atoms with van der Waals surface area (Å²) in [6.07, 6.45) is 1.71. The van der Waals surface area contributed by atoms with E-state index in [0.29, 0.717) is 6.54 Å². The Morgan fingerprint density at radius 2 is 1.69 bits per heavy atom. The molecule has 0 bridgehead atoms. The number of fused-ring (bicyclic) bond motifs is 1. The van der Waals surface area contributed by atoms with Crippen molar-refractivity contribution in [3.8, 4) is 0 Å². The van der Waals surface area contributed by atoms with Crippen LogP contribution in [0, 0.1) is 18.7 Å². The van der Waals surface area contributed by atoms with Crippen LogP contribution in [0.3, 0.4) is 0 Å². The van der Waals surface area contributed by atoms with Crippen LogP contribution in [0.15, 0.2) is 78.9 Å². The summed E-state index contributed by atoms with van der Waals surface area (Å²) in [6.45, 7) is 6.12. The Kier molecular flexibility index (Phi) is 6.96. The number of hydrogen-bond acceptors (Lipinski definition) is 2. The zero-order valence-corrected chi connectivity index (χ0v) is 20.2. The Balaban J connectivity index is 1.22. The van der Waals surface area contributed by atoms with Crippen molar-refractivity contribution in [2.45, 2.75) is 39.4 Å². The Morgan fingerprint density at radius 3 is 2.46 bits per heavy atom. The minimum absolute atomic E-state index is 0.0323. The number of carbonyl (C=O) groups excluding carboxylic acids is 1. The molecule has 180 valence electrons. The molecule has 35 heavy (non-hydrogen) atoms. The van der Waals surface area contributed by atoms with Gasteiger partial charge in [-0.2, -0.15) is 0 Å². The number of para-hydroxylation sites is 1. The van der Waals surface area contributed by atoms with Gasteiger partial charge < -0.3 is 9.88 Å². The monoisotopic (exact) mass is 469 g/mol. The zero-order valence-electron chi connectivity index (χ0n) is 20.2. The highest BCUT2D eigenvalue weighted by atomic mass is 19.1. The Hall–Kier alpha value is -3.44. The fraction of sp³-hybridized carbons (Fsp3) is 0.300. The van der Waals surface area contributed by atoms with E-state index in [1.54, 1.807) is 12.1 Å². The van der Waals surface area contributed by atoms with Gasteiger partial charge in [-0.15, -0.1) is 0 Å². The molecule has 0 atom stereocenters. The van der Waals surface area contributed by atoms with E-state index in [9.17, 15) is 9.18 Å². The molecule has 1 saturated heterocycles. The first-order chi connectivity index (χ1) is 17.0. The molecule has 0 radical (unpaired) electrons. The van der Waals surface area contributed by atoms with Gasteiger partial charge in [0.1, 0.15) is 5.82 Å². The molecule has 1 aliphatic rings. The van der Waals surface area contributed by atoms with Crippen LogP contribution in [0.1, 0.15) is 35.2 Å². The number of amides is 1. The smallest absolute Gasteiger partial charge is 0.223 e. The molecule has 0 saturated carbocycles. The standard InChI is InChI=1S/C30H32FN3O/c1-22-5-4-6-24(17-22)20-34-28(18-26-7-2-3-8-29(26)34)21-33-15-13-25(14-16-33)30(35)32-19-23-9-11-27(31)12-10-23/h2-12,17-18,25H,13-16,19-21H2,1H3,(H,32,35). The number of aryl methyl sites for hydroxylation is 1. The van der Waals surface area contributed by atoms with Crippen LogP contribution >= 0.6 is 0 Å². The second-order valence-electron chi connectivity index (χ2n) is 9.66. The van der Waals surface area contributed by atoms with Gasteiger partial charge in [0.05, 0.1) is 0 Å². The van der Waals surface area contributed by atoms with Crippen LogP contribution in [-0.2, 0) is 24.4 Å². The number of nitrogens with one attached hydrogen (secondary N) is 1. The van der Waals surface area contributed by atoms with Crippen molar-refractivity contribution in [2.75, 3.05) is 13.1 Å². The fourth-order valence-corrected chi connectivity index (χ4v) is 5.10. The van der Waals surface area contributed by atoms with Gasteiger partial charge in [-0.25, -0.2) is 4.39 Å². The molecule has 1 aliphatic heterocycles. The van der Waals surface area contributed by atoms with Gasteiger partial charge in [0.2, 0.25) is 5.91 Å². The number of halogens is 1. The summed E-state index contributed by atoms with van der Waals surface area (Å²) in [7, 11) is 0. The van der Waals surface area contributed by atoms with Gasteiger partial charge in [0.15, 0.2) is 0 Å². The first kappa shape index (κ1) is 23.3. The topological polar surface area (TPSA) is 37.3 Å². The summed E-state index contributed by atoms with van der Waals surface area (Å²) in [5.41, 5.74) is 6.08. The molecule has 2 heterocycles. The number of rotatable bonds is 7. The molecule has 1 amide bonds. The summed E-state index contributed by atoms with van der Waals surface area (Å²) in [5.74, 6) is -0.127. The van der Waals surface area contributed by atoms with Crippen molar-refractivity contribution < 1.29 is 9.18 Å². The summed E-state index contributed by atoms with van der Waals surface area (Å²) in [6, 6.07) is 25.9. The molecular weight excluding hydrogens is 437 g/mol. The van der Waals surface area contributed by atoms with E-state index in [0.717, 1.165) is 44.6 Å². The van der Waals surface area contributed by atoms with Crippen molar-refractivity contribution in [1.82, 2.24) is 14.8 Å². The van der Waals surface area contributed by atoms with E-state index >= 15 is 0 Å². The molecule has 0 unspecified atom stereocenters. The highest BCUT2D eigenvalue weighted by molar-refractivity contribution is 5.81. The number of hydrogen-bond donors (Lipinski definition) is 1. The second kappa shape index (κ2) is 10.4.